The van der Waals surface area contributed by atoms with Crippen LogP contribution in [0.5, 0.6) is 0 Å². The van der Waals surface area contributed by atoms with Crippen molar-refractivity contribution in [3.8, 4) is 0 Å². The molecule has 0 bridgehead atoms. The van der Waals surface area contributed by atoms with E-state index in [0.717, 1.165) is 18.1 Å². The number of rotatable bonds is 4. The standard InChI is InChI=1S/C14H19N5/c1-11-16-6-5-12(18-11)9-17-13-3-2-4-14(13)19-8-7-15-10-19/h5-8,10,13-14,17H,2-4,9H2,1H3. The number of aryl methyl sites for hydroxylation is 1. The number of nitrogens with zero attached hydrogens (tertiary/aromatic N) is 4. The molecular formula is C14H19N5. The van der Waals surface area contributed by atoms with Gasteiger partial charge in [-0.3, -0.25) is 0 Å². The number of imidazole rings is 1. The molecule has 1 aliphatic carbocycles. The maximum Gasteiger partial charge on any atom is 0.125 e. The molecule has 1 aliphatic rings. The van der Waals surface area contributed by atoms with E-state index >= 15 is 0 Å². The van der Waals surface area contributed by atoms with Crippen LogP contribution in [-0.2, 0) is 6.54 Å². The van der Waals surface area contributed by atoms with Crippen molar-refractivity contribution in [3.05, 3.63) is 42.5 Å². The Morgan fingerprint density at radius 3 is 3.11 bits per heavy atom. The quantitative estimate of drug-likeness (QED) is 0.908. The monoisotopic (exact) mass is 257 g/mol. The molecule has 5 nitrogen and oxygen atoms in total. The lowest BCUT2D eigenvalue weighted by molar-refractivity contribution is 0.389. The van der Waals surface area contributed by atoms with E-state index in [-0.39, 0.29) is 0 Å². The molecule has 2 aromatic rings. The Balaban J connectivity index is 1.63. The summed E-state index contributed by atoms with van der Waals surface area (Å²) in [6.45, 7) is 2.73. The molecule has 2 aromatic heterocycles. The normalized spacial score (nSPS) is 22.8. The first kappa shape index (κ1) is 12.3. The van der Waals surface area contributed by atoms with E-state index in [0.29, 0.717) is 12.1 Å². The molecule has 5 heteroatoms. The molecule has 0 saturated heterocycles. The van der Waals surface area contributed by atoms with Gasteiger partial charge in [0, 0.05) is 37.2 Å². The van der Waals surface area contributed by atoms with E-state index in [1.165, 1.54) is 19.3 Å². The smallest absolute Gasteiger partial charge is 0.125 e. The molecule has 2 heterocycles. The van der Waals surface area contributed by atoms with Gasteiger partial charge in [0.25, 0.3) is 0 Å². The van der Waals surface area contributed by atoms with E-state index in [9.17, 15) is 0 Å². The Hall–Kier alpha value is -1.75. The van der Waals surface area contributed by atoms with E-state index in [4.69, 9.17) is 0 Å². The fourth-order valence-corrected chi connectivity index (χ4v) is 2.84. The summed E-state index contributed by atoms with van der Waals surface area (Å²) in [6, 6.07) is 3.00. The van der Waals surface area contributed by atoms with Gasteiger partial charge in [0.15, 0.2) is 0 Å². The summed E-state index contributed by atoms with van der Waals surface area (Å²) in [5.74, 6) is 0.830. The first-order valence-electron chi connectivity index (χ1n) is 6.82. The number of nitrogens with one attached hydrogen (secondary N) is 1. The number of hydrogen-bond donors (Lipinski definition) is 1. The van der Waals surface area contributed by atoms with Crippen LogP contribution in [0, 0.1) is 6.92 Å². The lowest BCUT2D eigenvalue weighted by Gasteiger charge is -2.22. The van der Waals surface area contributed by atoms with Crippen molar-refractivity contribution in [1.29, 1.82) is 0 Å². The molecule has 0 radical (unpaired) electrons. The maximum atomic E-state index is 4.43. The third-order valence-corrected chi connectivity index (χ3v) is 3.77. The summed E-state index contributed by atoms with van der Waals surface area (Å²) < 4.78 is 2.22. The van der Waals surface area contributed by atoms with Crippen LogP contribution in [0.15, 0.2) is 31.0 Å². The van der Waals surface area contributed by atoms with Crippen molar-refractivity contribution >= 4 is 0 Å². The predicted molar refractivity (Wildman–Crippen MR) is 72.5 cm³/mol. The third-order valence-electron chi connectivity index (χ3n) is 3.77. The molecule has 1 N–H and O–H groups in total. The molecule has 2 unspecified atom stereocenters. The molecule has 0 amide bonds. The Bertz CT molecular complexity index is 522. The van der Waals surface area contributed by atoms with Gasteiger partial charge in [-0.25, -0.2) is 15.0 Å². The van der Waals surface area contributed by atoms with Crippen LogP contribution in [0.2, 0.25) is 0 Å². The van der Waals surface area contributed by atoms with Crippen molar-refractivity contribution < 1.29 is 0 Å². The fourth-order valence-electron chi connectivity index (χ4n) is 2.84. The summed E-state index contributed by atoms with van der Waals surface area (Å²) in [4.78, 5) is 12.7. The van der Waals surface area contributed by atoms with Crippen molar-refractivity contribution in [2.45, 2.75) is 44.8 Å². The zero-order chi connectivity index (χ0) is 13.1. The van der Waals surface area contributed by atoms with Crippen LogP contribution in [-0.4, -0.2) is 25.6 Å². The van der Waals surface area contributed by atoms with Crippen LogP contribution < -0.4 is 5.32 Å². The fraction of sp³-hybridized carbons (Fsp3) is 0.500. The van der Waals surface area contributed by atoms with Crippen LogP contribution in [0.25, 0.3) is 0 Å². The highest BCUT2D eigenvalue weighted by molar-refractivity contribution is 5.02. The van der Waals surface area contributed by atoms with Gasteiger partial charge in [-0.2, -0.15) is 0 Å². The minimum absolute atomic E-state index is 0.504. The van der Waals surface area contributed by atoms with Gasteiger partial charge in [-0.05, 0) is 32.3 Å². The zero-order valence-electron chi connectivity index (χ0n) is 11.2. The van der Waals surface area contributed by atoms with Crippen molar-refractivity contribution in [2.75, 3.05) is 0 Å². The Labute approximate surface area is 113 Å². The zero-order valence-corrected chi connectivity index (χ0v) is 11.2. The molecule has 1 fully saturated rings. The molecular weight excluding hydrogens is 238 g/mol. The minimum atomic E-state index is 0.504. The summed E-state index contributed by atoms with van der Waals surface area (Å²) in [5.41, 5.74) is 1.06. The van der Waals surface area contributed by atoms with E-state index in [1.807, 2.05) is 31.7 Å². The Morgan fingerprint density at radius 1 is 1.37 bits per heavy atom. The SMILES string of the molecule is Cc1nccc(CNC2CCCC2n2ccnc2)n1. The summed E-state index contributed by atoms with van der Waals surface area (Å²) in [6.07, 6.45) is 11.3. The second-order valence-electron chi connectivity index (χ2n) is 5.09. The van der Waals surface area contributed by atoms with Gasteiger partial charge in [-0.15, -0.1) is 0 Å². The minimum Gasteiger partial charge on any atom is -0.333 e. The Morgan fingerprint density at radius 2 is 2.32 bits per heavy atom. The predicted octanol–water partition coefficient (Wildman–Crippen LogP) is 1.86. The van der Waals surface area contributed by atoms with Gasteiger partial charge in [0.05, 0.1) is 12.0 Å². The van der Waals surface area contributed by atoms with E-state index < -0.39 is 0 Å². The van der Waals surface area contributed by atoms with Crippen LogP contribution in [0.3, 0.4) is 0 Å². The number of aromatic nitrogens is 4. The lowest BCUT2D eigenvalue weighted by atomic mass is 10.1. The summed E-state index contributed by atoms with van der Waals surface area (Å²) >= 11 is 0. The van der Waals surface area contributed by atoms with E-state index in [2.05, 4.69) is 31.0 Å². The van der Waals surface area contributed by atoms with Crippen molar-refractivity contribution in [2.24, 2.45) is 0 Å². The second kappa shape index (κ2) is 5.48. The molecule has 0 aromatic carbocycles. The Kier molecular flexibility index (Phi) is 3.55. The summed E-state index contributed by atoms with van der Waals surface area (Å²) in [7, 11) is 0. The van der Waals surface area contributed by atoms with Gasteiger partial charge in [0.1, 0.15) is 5.82 Å². The van der Waals surface area contributed by atoms with Gasteiger partial charge in [-0.1, -0.05) is 0 Å². The van der Waals surface area contributed by atoms with Crippen molar-refractivity contribution in [3.63, 3.8) is 0 Å². The first-order valence-corrected chi connectivity index (χ1v) is 6.82. The average Bonchev–Trinajstić information content (AvgIpc) is 3.07. The van der Waals surface area contributed by atoms with Gasteiger partial charge < -0.3 is 9.88 Å². The molecule has 19 heavy (non-hydrogen) atoms. The molecule has 0 spiro atoms. The molecule has 100 valence electrons. The highest BCUT2D eigenvalue weighted by Gasteiger charge is 2.27. The molecule has 3 rings (SSSR count). The van der Waals surface area contributed by atoms with Crippen LogP contribution >= 0.6 is 0 Å². The number of hydrogen-bond acceptors (Lipinski definition) is 4. The van der Waals surface area contributed by atoms with Crippen LogP contribution in [0.1, 0.15) is 36.8 Å². The highest BCUT2D eigenvalue weighted by atomic mass is 15.1. The maximum absolute atomic E-state index is 4.43. The molecule has 1 saturated carbocycles. The largest absolute Gasteiger partial charge is 0.333 e. The lowest BCUT2D eigenvalue weighted by Crippen LogP contribution is -2.33. The second-order valence-corrected chi connectivity index (χ2v) is 5.09. The van der Waals surface area contributed by atoms with Crippen LogP contribution in [0.4, 0.5) is 0 Å². The van der Waals surface area contributed by atoms with E-state index in [1.54, 1.807) is 0 Å². The first-order chi connectivity index (χ1) is 9.33. The van der Waals surface area contributed by atoms with Crippen molar-refractivity contribution in [1.82, 2.24) is 24.8 Å². The highest BCUT2D eigenvalue weighted by Crippen LogP contribution is 2.29. The molecule has 0 aliphatic heterocycles. The van der Waals surface area contributed by atoms with Gasteiger partial charge >= 0.3 is 0 Å². The van der Waals surface area contributed by atoms with Gasteiger partial charge in [0.2, 0.25) is 0 Å². The average molecular weight is 257 g/mol. The molecule has 2 atom stereocenters. The third kappa shape index (κ3) is 2.81. The topological polar surface area (TPSA) is 55.6 Å². The summed E-state index contributed by atoms with van der Waals surface area (Å²) in [5, 5.41) is 3.62.